The van der Waals surface area contributed by atoms with Crippen molar-refractivity contribution in [2.75, 3.05) is 0 Å². The zero-order valence-electron chi connectivity index (χ0n) is 14.4. The normalized spacial score (nSPS) is 17.0. The Bertz CT molecular complexity index is 313. The molecule has 0 aliphatic carbocycles. The summed E-state index contributed by atoms with van der Waals surface area (Å²) in [5.41, 5.74) is 0. The Balaban J connectivity index is 4.76. The van der Waals surface area contributed by atoms with Crippen molar-refractivity contribution in [2.24, 2.45) is 0 Å². The van der Waals surface area contributed by atoms with Gasteiger partial charge in [-0.15, -0.1) is 0 Å². The van der Waals surface area contributed by atoms with Crippen molar-refractivity contribution < 1.29 is 9.53 Å². The fourth-order valence-corrected chi connectivity index (χ4v) is 2.85. The predicted molar refractivity (Wildman–Crippen MR) is 91.6 cm³/mol. The van der Waals surface area contributed by atoms with Gasteiger partial charge in [-0.3, -0.25) is 0 Å². The van der Waals surface area contributed by atoms with E-state index in [2.05, 4.69) is 46.9 Å². The van der Waals surface area contributed by atoms with Gasteiger partial charge >= 0.3 is 0 Å². The molecule has 0 saturated carbocycles. The van der Waals surface area contributed by atoms with E-state index in [1.807, 2.05) is 25.2 Å². The van der Waals surface area contributed by atoms with Gasteiger partial charge in [0, 0.05) is 0 Å². The number of aliphatic hydroxyl groups excluding tert-OH is 1. The highest BCUT2D eigenvalue weighted by molar-refractivity contribution is 6.74. The average Bonchev–Trinajstić information content (AvgIpc) is 2.32. The standard InChI is InChI=1S/C17H34O2Si/c1-8-10-11-12-14-15(18)16(13-9-2)19-20(6,7)17(3,4)5/h9,12-16,18H,8,10-11H2,1-7H3/b13-9+,14-12+/t15-,16-/m1/s1. The van der Waals surface area contributed by atoms with Gasteiger partial charge in [-0.05, 0) is 31.5 Å². The summed E-state index contributed by atoms with van der Waals surface area (Å²) >= 11 is 0. The van der Waals surface area contributed by atoms with Gasteiger partial charge in [0.15, 0.2) is 8.32 Å². The van der Waals surface area contributed by atoms with Crippen LogP contribution in [0.5, 0.6) is 0 Å². The fourth-order valence-electron chi connectivity index (χ4n) is 1.60. The second kappa shape index (κ2) is 8.80. The van der Waals surface area contributed by atoms with E-state index in [-0.39, 0.29) is 11.1 Å². The van der Waals surface area contributed by atoms with E-state index < -0.39 is 14.4 Å². The van der Waals surface area contributed by atoms with Crippen LogP contribution in [0.15, 0.2) is 24.3 Å². The minimum absolute atomic E-state index is 0.151. The summed E-state index contributed by atoms with van der Waals surface area (Å²) in [6.07, 6.45) is 10.5. The van der Waals surface area contributed by atoms with Crippen LogP contribution in [-0.4, -0.2) is 25.6 Å². The lowest BCUT2D eigenvalue weighted by atomic mass is 10.1. The van der Waals surface area contributed by atoms with Crippen molar-refractivity contribution in [3.05, 3.63) is 24.3 Å². The largest absolute Gasteiger partial charge is 0.408 e. The van der Waals surface area contributed by atoms with Gasteiger partial charge in [-0.1, -0.05) is 64.8 Å². The van der Waals surface area contributed by atoms with Crippen LogP contribution in [0, 0.1) is 0 Å². The third-order valence-electron chi connectivity index (χ3n) is 4.01. The highest BCUT2D eigenvalue weighted by Crippen LogP contribution is 2.37. The first-order chi connectivity index (χ1) is 9.15. The Labute approximate surface area is 127 Å². The van der Waals surface area contributed by atoms with E-state index in [9.17, 15) is 5.11 Å². The van der Waals surface area contributed by atoms with E-state index in [4.69, 9.17) is 4.43 Å². The van der Waals surface area contributed by atoms with E-state index in [0.29, 0.717) is 0 Å². The molecule has 2 nitrogen and oxygen atoms in total. The maximum Gasteiger partial charge on any atom is 0.193 e. The fraction of sp³-hybridized carbons (Fsp3) is 0.765. The Kier molecular flexibility index (Phi) is 8.64. The lowest BCUT2D eigenvalue weighted by molar-refractivity contribution is 0.0872. The lowest BCUT2D eigenvalue weighted by Crippen LogP contribution is -2.46. The van der Waals surface area contributed by atoms with Crippen LogP contribution in [0.2, 0.25) is 18.1 Å². The smallest absolute Gasteiger partial charge is 0.193 e. The minimum atomic E-state index is -1.87. The maximum absolute atomic E-state index is 10.3. The zero-order valence-corrected chi connectivity index (χ0v) is 15.4. The monoisotopic (exact) mass is 298 g/mol. The number of allylic oxidation sites excluding steroid dienone is 2. The Morgan fingerprint density at radius 3 is 2.25 bits per heavy atom. The molecule has 3 heteroatoms. The predicted octanol–water partition coefficient (Wildman–Crippen LogP) is 5.06. The molecule has 0 spiro atoms. The van der Waals surface area contributed by atoms with Crippen molar-refractivity contribution in [2.45, 2.75) is 84.2 Å². The summed E-state index contributed by atoms with van der Waals surface area (Å²) in [6, 6.07) is 0. The molecular formula is C17H34O2Si. The van der Waals surface area contributed by atoms with Crippen LogP contribution in [0.3, 0.4) is 0 Å². The van der Waals surface area contributed by atoms with Gasteiger partial charge in [0.25, 0.3) is 0 Å². The summed E-state index contributed by atoms with van der Waals surface area (Å²) in [6.45, 7) is 15.2. The quantitative estimate of drug-likeness (QED) is 0.385. The summed E-state index contributed by atoms with van der Waals surface area (Å²) in [7, 11) is -1.87. The highest BCUT2D eigenvalue weighted by Gasteiger charge is 2.39. The molecule has 0 unspecified atom stereocenters. The Morgan fingerprint density at radius 2 is 1.80 bits per heavy atom. The van der Waals surface area contributed by atoms with Crippen molar-refractivity contribution in [3.63, 3.8) is 0 Å². The van der Waals surface area contributed by atoms with Crippen LogP contribution in [-0.2, 0) is 4.43 Å². The first kappa shape index (κ1) is 19.6. The molecule has 0 aromatic carbocycles. The zero-order chi connectivity index (χ0) is 15.8. The number of hydrogen-bond donors (Lipinski definition) is 1. The second-order valence-corrected chi connectivity index (χ2v) is 11.7. The molecule has 20 heavy (non-hydrogen) atoms. The van der Waals surface area contributed by atoms with Crippen molar-refractivity contribution in [1.29, 1.82) is 0 Å². The van der Waals surface area contributed by atoms with E-state index >= 15 is 0 Å². The van der Waals surface area contributed by atoms with Crippen LogP contribution in [0.25, 0.3) is 0 Å². The molecule has 0 radical (unpaired) electrons. The van der Waals surface area contributed by atoms with Gasteiger partial charge in [0.05, 0.1) is 6.10 Å². The summed E-state index contributed by atoms with van der Waals surface area (Å²) in [5.74, 6) is 0. The van der Waals surface area contributed by atoms with Gasteiger partial charge < -0.3 is 9.53 Å². The molecular weight excluding hydrogens is 264 g/mol. The van der Waals surface area contributed by atoms with E-state index in [1.54, 1.807) is 0 Å². The molecule has 0 rings (SSSR count). The molecule has 2 atom stereocenters. The molecule has 0 fully saturated rings. The first-order valence-corrected chi connectivity index (χ1v) is 10.7. The first-order valence-electron chi connectivity index (χ1n) is 7.81. The highest BCUT2D eigenvalue weighted by atomic mass is 28.4. The van der Waals surface area contributed by atoms with Crippen LogP contribution < -0.4 is 0 Å². The molecule has 0 aliphatic heterocycles. The number of unbranched alkanes of at least 4 members (excludes halogenated alkanes) is 2. The maximum atomic E-state index is 10.3. The van der Waals surface area contributed by atoms with Gasteiger partial charge in [-0.2, -0.15) is 0 Å². The van der Waals surface area contributed by atoms with Crippen LogP contribution in [0.4, 0.5) is 0 Å². The number of rotatable bonds is 8. The topological polar surface area (TPSA) is 29.5 Å². The molecule has 0 heterocycles. The van der Waals surface area contributed by atoms with Crippen molar-refractivity contribution >= 4 is 8.32 Å². The van der Waals surface area contributed by atoms with E-state index in [1.165, 1.54) is 12.8 Å². The van der Waals surface area contributed by atoms with E-state index in [0.717, 1.165) is 6.42 Å². The molecule has 0 amide bonds. The molecule has 0 bridgehead atoms. The molecule has 118 valence electrons. The summed E-state index contributed by atoms with van der Waals surface area (Å²) in [5, 5.41) is 10.5. The minimum Gasteiger partial charge on any atom is -0.408 e. The van der Waals surface area contributed by atoms with Crippen molar-refractivity contribution in [3.8, 4) is 0 Å². The average molecular weight is 299 g/mol. The number of hydrogen-bond acceptors (Lipinski definition) is 2. The van der Waals surface area contributed by atoms with Gasteiger partial charge in [0.1, 0.15) is 6.10 Å². The summed E-state index contributed by atoms with van der Waals surface area (Å²) < 4.78 is 6.31. The van der Waals surface area contributed by atoms with Crippen LogP contribution in [0.1, 0.15) is 53.9 Å². The molecule has 1 N–H and O–H groups in total. The molecule has 0 saturated heterocycles. The SMILES string of the molecule is C/C=C/[C@@H](O[Si](C)(C)C(C)(C)C)[C@H](O)/C=C/CCCC. The summed E-state index contributed by atoms with van der Waals surface area (Å²) in [4.78, 5) is 0. The molecule has 0 aliphatic rings. The Hall–Kier alpha value is -0.383. The third kappa shape index (κ3) is 6.87. The molecule has 0 aromatic rings. The lowest BCUT2D eigenvalue weighted by Gasteiger charge is -2.39. The van der Waals surface area contributed by atoms with Crippen molar-refractivity contribution in [1.82, 2.24) is 0 Å². The van der Waals surface area contributed by atoms with Gasteiger partial charge in [-0.25, -0.2) is 0 Å². The second-order valence-electron chi connectivity index (χ2n) is 6.93. The van der Waals surface area contributed by atoms with Crippen LogP contribution >= 0.6 is 0 Å². The van der Waals surface area contributed by atoms with Gasteiger partial charge in [0.2, 0.25) is 0 Å². The Morgan fingerprint density at radius 1 is 1.20 bits per heavy atom. The third-order valence-corrected chi connectivity index (χ3v) is 8.49. The number of aliphatic hydroxyl groups is 1. The molecule has 0 aromatic heterocycles.